The van der Waals surface area contributed by atoms with Gasteiger partial charge in [-0.3, -0.25) is 9.59 Å². The summed E-state index contributed by atoms with van der Waals surface area (Å²) in [6, 6.07) is 2.75. The molecule has 0 saturated heterocycles. The topological polar surface area (TPSA) is 76.1 Å². The minimum absolute atomic E-state index is 0.0519. The van der Waals surface area contributed by atoms with Crippen molar-refractivity contribution < 1.29 is 28.6 Å². The number of allylic oxidation sites excluding steroid dienone is 2. The first-order valence-electron chi connectivity index (χ1n) is 7.90. The lowest BCUT2D eigenvalue weighted by atomic mass is 9.92. The van der Waals surface area contributed by atoms with E-state index in [4.69, 9.17) is 9.47 Å². The summed E-state index contributed by atoms with van der Waals surface area (Å²) < 4.78 is 24.5. The zero-order valence-electron chi connectivity index (χ0n) is 14.5. The van der Waals surface area contributed by atoms with E-state index in [9.17, 15) is 19.1 Å². The van der Waals surface area contributed by atoms with Gasteiger partial charge < -0.3 is 19.5 Å². The average Bonchev–Trinajstić information content (AvgIpc) is 3.17. The van der Waals surface area contributed by atoms with Crippen molar-refractivity contribution in [3.8, 4) is 5.06 Å². The standard InChI is InChI=1S/C18H18FNO5S/c1-9-10(7-16(21)22)11-6-14(24-2)12(19)8-13(11)20(9)18(23)15-4-5-17(25-3)26-15/h4-6,13H,7-8H2,1-3H3,(H,21,22). The van der Waals surface area contributed by atoms with Gasteiger partial charge in [-0.15, -0.1) is 0 Å². The number of nitrogens with zero attached hydrogens (tertiary/aromatic N) is 1. The molecule has 26 heavy (non-hydrogen) atoms. The average molecular weight is 379 g/mol. The van der Waals surface area contributed by atoms with Gasteiger partial charge in [0, 0.05) is 12.1 Å². The summed E-state index contributed by atoms with van der Waals surface area (Å²) in [6.45, 7) is 1.69. The van der Waals surface area contributed by atoms with Gasteiger partial charge in [-0.2, -0.15) is 0 Å². The van der Waals surface area contributed by atoms with Crippen LogP contribution in [0.3, 0.4) is 0 Å². The Morgan fingerprint density at radius 3 is 2.65 bits per heavy atom. The molecule has 6 nitrogen and oxygen atoms in total. The Morgan fingerprint density at radius 1 is 1.35 bits per heavy atom. The van der Waals surface area contributed by atoms with Crippen LogP contribution in [0, 0.1) is 0 Å². The number of fused-ring (bicyclic) bond motifs is 1. The van der Waals surface area contributed by atoms with Crippen molar-refractivity contribution in [2.75, 3.05) is 14.2 Å². The molecule has 3 rings (SSSR count). The lowest BCUT2D eigenvalue weighted by Gasteiger charge is -2.28. The van der Waals surface area contributed by atoms with Gasteiger partial charge >= 0.3 is 5.97 Å². The molecule has 1 amide bonds. The van der Waals surface area contributed by atoms with Gasteiger partial charge in [-0.25, -0.2) is 4.39 Å². The number of halogens is 1. The number of carboxylic acid groups (broad SMARTS) is 1. The molecule has 8 heteroatoms. The minimum atomic E-state index is -1.01. The molecule has 1 aliphatic heterocycles. The van der Waals surface area contributed by atoms with Gasteiger partial charge in [-0.05, 0) is 36.3 Å². The molecule has 1 aromatic heterocycles. The monoisotopic (exact) mass is 379 g/mol. The molecule has 1 N–H and O–H groups in total. The van der Waals surface area contributed by atoms with E-state index >= 15 is 0 Å². The second-order valence-corrected chi connectivity index (χ2v) is 6.97. The SMILES string of the molecule is COC1=C(F)CC2C(=C1)C(CC(=O)O)=C(C)N2C(=O)c1ccc(OC)s1. The molecular formula is C18H18FNO5S. The predicted molar refractivity (Wildman–Crippen MR) is 93.6 cm³/mol. The Bertz CT molecular complexity index is 867. The van der Waals surface area contributed by atoms with Crippen LogP contribution in [0.5, 0.6) is 5.06 Å². The fraction of sp³-hybridized carbons (Fsp3) is 0.333. The van der Waals surface area contributed by atoms with Crippen LogP contribution in [0.25, 0.3) is 0 Å². The first kappa shape index (κ1) is 18.2. The zero-order valence-corrected chi connectivity index (χ0v) is 15.4. The number of carbonyl (C=O) groups is 2. The maximum Gasteiger partial charge on any atom is 0.307 e. The van der Waals surface area contributed by atoms with Gasteiger partial charge in [0.2, 0.25) is 0 Å². The zero-order chi connectivity index (χ0) is 19.0. The number of rotatable bonds is 5. The lowest BCUT2D eigenvalue weighted by Crippen LogP contribution is -2.36. The highest BCUT2D eigenvalue weighted by atomic mass is 32.1. The van der Waals surface area contributed by atoms with Crippen LogP contribution in [0.2, 0.25) is 0 Å². The summed E-state index contributed by atoms with van der Waals surface area (Å²) in [5.41, 5.74) is 1.65. The molecule has 1 aromatic rings. The van der Waals surface area contributed by atoms with E-state index in [1.165, 1.54) is 36.5 Å². The number of hydrogen-bond acceptors (Lipinski definition) is 5. The molecular weight excluding hydrogens is 361 g/mol. The van der Waals surface area contributed by atoms with E-state index in [1.54, 1.807) is 19.1 Å². The summed E-state index contributed by atoms with van der Waals surface area (Å²) >= 11 is 1.19. The van der Waals surface area contributed by atoms with Crippen molar-refractivity contribution in [1.82, 2.24) is 4.90 Å². The highest BCUT2D eigenvalue weighted by molar-refractivity contribution is 7.15. The van der Waals surface area contributed by atoms with Crippen LogP contribution in [0.15, 0.2) is 46.6 Å². The highest BCUT2D eigenvalue weighted by Gasteiger charge is 2.42. The highest BCUT2D eigenvalue weighted by Crippen LogP contribution is 2.43. The number of aliphatic carboxylic acids is 1. The molecule has 0 saturated carbocycles. The molecule has 138 valence electrons. The fourth-order valence-corrected chi connectivity index (χ4v) is 4.07. The van der Waals surface area contributed by atoms with Crippen molar-refractivity contribution in [2.45, 2.75) is 25.8 Å². The van der Waals surface area contributed by atoms with Crippen LogP contribution in [-0.2, 0) is 9.53 Å². The maximum absolute atomic E-state index is 14.3. The van der Waals surface area contributed by atoms with Crippen LogP contribution in [-0.4, -0.2) is 42.1 Å². The Morgan fingerprint density at radius 2 is 2.08 bits per heavy atom. The summed E-state index contributed by atoms with van der Waals surface area (Å²) in [5, 5.41) is 9.83. The van der Waals surface area contributed by atoms with Crippen LogP contribution in [0.4, 0.5) is 4.39 Å². The second-order valence-electron chi connectivity index (χ2n) is 5.93. The van der Waals surface area contributed by atoms with Crippen molar-refractivity contribution in [3.63, 3.8) is 0 Å². The van der Waals surface area contributed by atoms with Crippen LogP contribution in [0.1, 0.15) is 29.4 Å². The summed E-state index contributed by atoms with van der Waals surface area (Å²) in [6.07, 6.45) is 1.20. The molecule has 2 aliphatic rings. The molecule has 2 heterocycles. The minimum Gasteiger partial charge on any atom is -0.494 e. The molecule has 1 atom stereocenters. The maximum atomic E-state index is 14.3. The van der Waals surface area contributed by atoms with Crippen molar-refractivity contribution >= 4 is 23.2 Å². The van der Waals surface area contributed by atoms with E-state index in [1.807, 2.05) is 0 Å². The number of thiophene rings is 1. The van der Waals surface area contributed by atoms with Crippen molar-refractivity contribution in [2.24, 2.45) is 0 Å². The molecule has 1 aliphatic carbocycles. The lowest BCUT2D eigenvalue weighted by molar-refractivity contribution is -0.136. The summed E-state index contributed by atoms with van der Waals surface area (Å²) in [7, 11) is 2.87. The van der Waals surface area contributed by atoms with Gasteiger partial charge in [0.05, 0.1) is 31.6 Å². The van der Waals surface area contributed by atoms with E-state index in [-0.39, 0.29) is 24.5 Å². The van der Waals surface area contributed by atoms with Gasteiger partial charge in [0.15, 0.2) is 10.8 Å². The smallest absolute Gasteiger partial charge is 0.307 e. The number of methoxy groups -OCH3 is 2. The Kier molecular flexibility index (Phi) is 4.86. The Hall–Kier alpha value is -2.61. The van der Waals surface area contributed by atoms with E-state index < -0.39 is 17.8 Å². The van der Waals surface area contributed by atoms with E-state index in [0.29, 0.717) is 26.8 Å². The Labute approximate surface area is 153 Å². The predicted octanol–water partition coefficient (Wildman–Crippen LogP) is 3.49. The summed E-state index contributed by atoms with van der Waals surface area (Å²) in [5.74, 6) is -1.72. The number of hydrogen-bond donors (Lipinski definition) is 1. The molecule has 0 aromatic carbocycles. The van der Waals surface area contributed by atoms with Crippen molar-refractivity contribution in [3.05, 3.63) is 51.5 Å². The summed E-state index contributed by atoms with van der Waals surface area (Å²) in [4.78, 5) is 26.2. The van der Waals surface area contributed by atoms with Crippen LogP contribution < -0.4 is 4.74 Å². The number of amides is 1. The van der Waals surface area contributed by atoms with Gasteiger partial charge in [0.1, 0.15) is 5.83 Å². The molecule has 0 radical (unpaired) electrons. The quantitative estimate of drug-likeness (QED) is 0.848. The number of carbonyl (C=O) groups excluding carboxylic acids is 1. The van der Waals surface area contributed by atoms with Gasteiger partial charge in [-0.1, -0.05) is 11.3 Å². The Balaban J connectivity index is 2.04. The number of ether oxygens (including phenoxy) is 2. The first-order chi connectivity index (χ1) is 12.4. The third kappa shape index (κ3) is 3.01. The fourth-order valence-electron chi connectivity index (χ4n) is 3.31. The third-order valence-electron chi connectivity index (χ3n) is 4.50. The third-order valence-corrected chi connectivity index (χ3v) is 5.54. The van der Waals surface area contributed by atoms with E-state index in [2.05, 4.69) is 0 Å². The molecule has 0 fully saturated rings. The number of carboxylic acids is 1. The molecule has 0 spiro atoms. The van der Waals surface area contributed by atoms with Gasteiger partial charge in [0.25, 0.3) is 5.91 Å². The second kappa shape index (κ2) is 6.95. The normalized spacial score (nSPS) is 19.5. The van der Waals surface area contributed by atoms with Crippen molar-refractivity contribution in [1.29, 1.82) is 0 Å². The molecule has 0 bridgehead atoms. The van der Waals surface area contributed by atoms with Crippen LogP contribution >= 0.6 is 11.3 Å². The first-order valence-corrected chi connectivity index (χ1v) is 8.72. The largest absolute Gasteiger partial charge is 0.494 e. The molecule has 1 unspecified atom stereocenters. The van der Waals surface area contributed by atoms with E-state index in [0.717, 1.165) is 0 Å².